The maximum absolute atomic E-state index is 11.8. The van der Waals surface area contributed by atoms with Gasteiger partial charge in [0.15, 0.2) is 0 Å². The number of carbonyl (C=O) groups is 1. The van der Waals surface area contributed by atoms with Gasteiger partial charge in [-0.05, 0) is 75.4 Å². The number of anilines is 1. The molecule has 0 aliphatic carbocycles. The first-order valence-electron chi connectivity index (χ1n) is 9.64. The molecule has 0 fully saturated rings. The van der Waals surface area contributed by atoms with Crippen LogP contribution in [0.5, 0.6) is 5.75 Å². The van der Waals surface area contributed by atoms with Crippen molar-refractivity contribution in [2.24, 2.45) is 0 Å². The van der Waals surface area contributed by atoms with Gasteiger partial charge in [-0.1, -0.05) is 24.3 Å². The summed E-state index contributed by atoms with van der Waals surface area (Å²) in [6.07, 6.45) is 8.77. The minimum absolute atomic E-state index is 0.457. The van der Waals surface area contributed by atoms with Crippen molar-refractivity contribution in [1.82, 2.24) is 0 Å². The minimum atomic E-state index is -0.518. The highest BCUT2D eigenvalue weighted by molar-refractivity contribution is 5.85. The van der Waals surface area contributed by atoms with Crippen LogP contribution in [-0.4, -0.2) is 18.3 Å². The van der Waals surface area contributed by atoms with Gasteiger partial charge in [-0.25, -0.2) is 4.79 Å². The lowest BCUT2D eigenvalue weighted by molar-refractivity contribution is 0.0636. The van der Waals surface area contributed by atoms with Crippen molar-refractivity contribution in [1.29, 1.82) is 0 Å². The number of hydrogen-bond acceptors (Lipinski definition) is 3. The lowest BCUT2D eigenvalue weighted by atomic mass is 10.1. The van der Waals surface area contributed by atoms with E-state index in [1.54, 1.807) is 0 Å². The molecule has 0 heterocycles. The summed E-state index contributed by atoms with van der Waals surface area (Å²) in [5.41, 5.74) is 2.33. The number of nitrogens with one attached hydrogen (secondary N) is 1. The Hall–Kier alpha value is -2.93. The van der Waals surface area contributed by atoms with Crippen LogP contribution in [0.25, 0.3) is 11.1 Å². The van der Waals surface area contributed by atoms with Gasteiger partial charge < -0.3 is 9.47 Å². The third kappa shape index (κ3) is 7.75. The van der Waals surface area contributed by atoms with E-state index in [1.165, 1.54) is 0 Å². The molecule has 2 aromatic carbocycles. The van der Waals surface area contributed by atoms with Crippen LogP contribution in [0.1, 0.15) is 46.5 Å². The molecule has 0 saturated carbocycles. The van der Waals surface area contributed by atoms with Crippen molar-refractivity contribution in [3.63, 3.8) is 0 Å². The Kier molecular flexibility index (Phi) is 7.95. The third-order valence-electron chi connectivity index (χ3n) is 3.95. The van der Waals surface area contributed by atoms with E-state index in [9.17, 15) is 4.79 Å². The first-order valence-corrected chi connectivity index (χ1v) is 9.64. The van der Waals surface area contributed by atoms with E-state index in [4.69, 9.17) is 15.9 Å². The Bertz CT molecular complexity index is 781. The normalized spacial score (nSPS) is 10.8. The summed E-state index contributed by atoms with van der Waals surface area (Å²) in [5, 5.41) is 2.74. The maximum Gasteiger partial charge on any atom is 0.412 e. The number of rotatable bonds is 8. The molecule has 0 bridgehead atoms. The van der Waals surface area contributed by atoms with Crippen molar-refractivity contribution in [3.8, 4) is 29.2 Å². The van der Waals surface area contributed by atoms with Gasteiger partial charge in [0.1, 0.15) is 11.4 Å². The summed E-state index contributed by atoms with van der Waals surface area (Å²) in [6, 6.07) is 15.7. The van der Waals surface area contributed by atoms with Gasteiger partial charge in [0.25, 0.3) is 0 Å². The quantitative estimate of drug-likeness (QED) is 0.434. The Labute approximate surface area is 168 Å². The number of amides is 1. The maximum atomic E-state index is 11.8. The van der Waals surface area contributed by atoms with E-state index in [1.807, 2.05) is 69.3 Å². The highest BCUT2D eigenvalue weighted by Gasteiger charge is 2.16. The Morgan fingerprint density at radius 3 is 2.14 bits per heavy atom. The molecule has 0 unspecified atom stereocenters. The predicted octanol–water partition coefficient (Wildman–Crippen LogP) is 6.27. The molecule has 2 rings (SSSR count). The van der Waals surface area contributed by atoms with Gasteiger partial charge in [-0.15, -0.1) is 12.3 Å². The molecule has 4 nitrogen and oxygen atoms in total. The SMILES string of the molecule is C#CCCCCCOc1ccc(-c2ccc(NC(=O)OC(C)(C)C)cc2)cc1. The lowest BCUT2D eigenvalue weighted by Gasteiger charge is -2.19. The fraction of sp³-hybridized carbons (Fsp3) is 0.375. The van der Waals surface area contributed by atoms with Gasteiger partial charge >= 0.3 is 6.09 Å². The summed E-state index contributed by atoms with van der Waals surface area (Å²) in [6.45, 7) is 6.21. The second-order valence-corrected chi connectivity index (χ2v) is 7.59. The minimum Gasteiger partial charge on any atom is -0.494 e. The van der Waals surface area contributed by atoms with E-state index in [0.29, 0.717) is 12.3 Å². The topological polar surface area (TPSA) is 47.6 Å². The predicted molar refractivity (Wildman–Crippen MR) is 115 cm³/mol. The Balaban J connectivity index is 1.85. The van der Waals surface area contributed by atoms with Crippen LogP contribution in [0.2, 0.25) is 0 Å². The average Bonchev–Trinajstić information content (AvgIpc) is 2.64. The van der Waals surface area contributed by atoms with Crippen molar-refractivity contribution in [2.45, 2.75) is 52.1 Å². The number of hydrogen-bond donors (Lipinski definition) is 1. The van der Waals surface area contributed by atoms with Crippen LogP contribution in [0, 0.1) is 12.3 Å². The smallest absolute Gasteiger partial charge is 0.412 e. The number of benzene rings is 2. The Morgan fingerprint density at radius 2 is 1.57 bits per heavy atom. The summed E-state index contributed by atoms with van der Waals surface area (Å²) in [7, 11) is 0. The largest absolute Gasteiger partial charge is 0.494 e. The van der Waals surface area contributed by atoms with Crippen molar-refractivity contribution < 1.29 is 14.3 Å². The average molecular weight is 380 g/mol. The fourth-order valence-electron chi connectivity index (χ4n) is 2.61. The van der Waals surface area contributed by atoms with Crippen LogP contribution in [0.4, 0.5) is 10.5 Å². The molecule has 2 aromatic rings. The van der Waals surface area contributed by atoms with Crippen LogP contribution in [0.15, 0.2) is 48.5 Å². The summed E-state index contributed by atoms with van der Waals surface area (Å²) >= 11 is 0. The van der Waals surface area contributed by atoms with Crippen LogP contribution in [0.3, 0.4) is 0 Å². The summed E-state index contributed by atoms with van der Waals surface area (Å²) in [5.74, 6) is 3.52. The van der Waals surface area contributed by atoms with Crippen molar-refractivity contribution in [3.05, 3.63) is 48.5 Å². The monoisotopic (exact) mass is 379 g/mol. The number of terminal acetylenes is 1. The van der Waals surface area contributed by atoms with Gasteiger partial charge in [0, 0.05) is 12.1 Å². The molecule has 0 aliphatic rings. The van der Waals surface area contributed by atoms with Gasteiger partial charge in [0.05, 0.1) is 6.61 Å². The zero-order valence-electron chi connectivity index (χ0n) is 17.0. The second-order valence-electron chi connectivity index (χ2n) is 7.59. The molecule has 0 spiro atoms. The number of unbranched alkanes of at least 4 members (excludes halogenated alkanes) is 3. The zero-order valence-corrected chi connectivity index (χ0v) is 17.0. The van der Waals surface area contributed by atoms with E-state index in [-0.39, 0.29) is 0 Å². The first-order chi connectivity index (χ1) is 13.4. The first kappa shape index (κ1) is 21.4. The van der Waals surface area contributed by atoms with Crippen LogP contribution < -0.4 is 10.1 Å². The van der Waals surface area contributed by atoms with Crippen molar-refractivity contribution >= 4 is 11.8 Å². The van der Waals surface area contributed by atoms with Gasteiger partial charge in [-0.2, -0.15) is 0 Å². The lowest BCUT2D eigenvalue weighted by Crippen LogP contribution is -2.27. The molecule has 0 atom stereocenters. The molecule has 1 amide bonds. The van der Waals surface area contributed by atoms with Crippen LogP contribution in [-0.2, 0) is 4.74 Å². The van der Waals surface area contributed by atoms with Gasteiger partial charge in [-0.3, -0.25) is 5.32 Å². The van der Waals surface area contributed by atoms with E-state index in [0.717, 1.165) is 42.6 Å². The molecule has 148 valence electrons. The van der Waals surface area contributed by atoms with Crippen LogP contribution >= 0.6 is 0 Å². The van der Waals surface area contributed by atoms with E-state index in [2.05, 4.69) is 11.2 Å². The molecule has 0 saturated heterocycles. The molecule has 4 heteroatoms. The van der Waals surface area contributed by atoms with E-state index < -0.39 is 11.7 Å². The zero-order chi connectivity index (χ0) is 20.4. The fourth-order valence-corrected chi connectivity index (χ4v) is 2.61. The van der Waals surface area contributed by atoms with E-state index >= 15 is 0 Å². The second kappa shape index (κ2) is 10.4. The molecule has 28 heavy (non-hydrogen) atoms. The standard InChI is InChI=1S/C24H29NO3/c1-5-6-7-8-9-18-27-22-16-12-20(13-17-22)19-10-14-21(15-11-19)25-23(26)28-24(2,3)4/h1,10-17H,6-9,18H2,2-4H3,(H,25,26). The highest BCUT2D eigenvalue weighted by atomic mass is 16.6. The Morgan fingerprint density at radius 1 is 0.964 bits per heavy atom. The molecule has 0 radical (unpaired) electrons. The number of ether oxygens (including phenoxy) is 2. The number of carbonyl (C=O) groups excluding carboxylic acids is 1. The highest BCUT2D eigenvalue weighted by Crippen LogP contribution is 2.24. The molecule has 1 N–H and O–H groups in total. The molecule has 0 aromatic heterocycles. The van der Waals surface area contributed by atoms with Crippen molar-refractivity contribution in [2.75, 3.05) is 11.9 Å². The molecular formula is C24H29NO3. The summed E-state index contributed by atoms with van der Waals surface area (Å²) in [4.78, 5) is 11.8. The summed E-state index contributed by atoms with van der Waals surface area (Å²) < 4.78 is 11.0. The molecular weight excluding hydrogens is 350 g/mol. The van der Waals surface area contributed by atoms with Gasteiger partial charge in [0.2, 0.25) is 0 Å². The third-order valence-corrected chi connectivity index (χ3v) is 3.95. The molecule has 0 aliphatic heterocycles.